The Bertz CT molecular complexity index is 2150. The number of allylic oxidation sites excluding steroid dienone is 2. The number of Topliss-reactive ketones (excluding diaryl/α,β-unsaturated/α-hetero) is 1. The van der Waals surface area contributed by atoms with Gasteiger partial charge in [-0.15, -0.1) is 0 Å². The first-order valence-corrected chi connectivity index (χ1v) is 23.6. The van der Waals surface area contributed by atoms with E-state index in [0.717, 1.165) is 80.9 Å². The monoisotopic (exact) mass is 839 g/mol. The van der Waals surface area contributed by atoms with Crippen LogP contribution in [0.1, 0.15) is 157 Å². The van der Waals surface area contributed by atoms with Crippen LogP contribution in [0.3, 0.4) is 0 Å². The van der Waals surface area contributed by atoms with Crippen LogP contribution in [0, 0.1) is 68.0 Å². The van der Waals surface area contributed by atoms with Gasteiger partial charge >= 0.3 is 11.9 Å². The topological polar surface area (TPSA) is 150 Å². The zero-order chi connectivity index (χ0) is 44.3. The first-order chi connectivity index (χ1) is 28.4. The van der Waals surface area contributed by atoms with Crippen LogP contribution >= 0.6 is 0 Å². The molecule has 10 nitrogen and oxygen atoms in total. The van der Waals surface area contributed by atoms with Crippen LogP contribution in [0.4, 0.5) is 0 Å². The number of carbonyl (C=O) groups excluding carboxylic acids is 3. The number of ether oxygens (including phenoxy) is 1. The van der Waals surface area contributed by atoms with E-state index in [0.29, 0.717) is 48.5 Å². The number of imidazole rings is 1. The van der Waals surface area contributed by atoms with Crippen LogP contribution in [-0.4, -0.2) is 63.4 Å². The van der Waals surface area contributed by atoms with Gasteiger partial charge in [0.1, 0.15) is 6.10 Å². The lowest BCUT2D eigenvalue weighted by molar-refractivity contribution is -0.236. The van der Waals surface area contributed by atoms with E-state index in [-0.39, 0.29) is 56.9 Å². The normalized spacial score (nSPS) is 37.6. The lowest BCUT2D eigenvalue weighted by Crippen LogP contribution is -2.66. The van der Waals surface area contributed by atoms with Crippen molar-refractivity contribution in [2.24, 2.45) is 68.0 Å². The highest BCUT2D eigenvalue weighted by Crippen LogP contribution is 2.77. The minimum atomic E-state index is -0.826. The lowest BCUT2D eigenvalue weighted by atomic mass is 9.33. The number of hydrogen-bond donors (Lipinski definition) is 4. The summed E-state index contributed by atoms with van der Waals surface area (Å²) in [6.07, 6.45) is 11.8. The summed E-state index contributed by atoms with van der Waals surface area (Å²) in [4.78, 5) is 60.4. The Morgan fingerprint density at radius 1 is 0.918 bits per heavy atom. The summed E-state index contributed by atoms with van der Waals surface area (Å²) in [5.41, 5.74) is 3.75. The van der Waals surface area contributed by atoms with Crippen LogP contribution in [0.5, 0.6) is 0 Å². The molecule has 10 heteroatoms. The number of H-pyrrole nitrogens is 1. The quantitative estimate of drug-likeness (QED) is 0.129. The molecule has 8 rings (SSSR count). The highest BCUT2D eigenvalue weighted by atomic mass is 16.5. The van der Waals surface area contributed by atoms with Crippen molar-refractivity contribution in [2.75, 3.05) is 13.1 Å². The molecule has 1 heterocycles. The summed E-state index contributed by atoms with van der Waals surface area (Å²) in [6.45, 7) is 26.2. The number of rotatable bonds is 11. The molecule has 6 aliphatic carbocycles. The lowest BCUT2D eigenvalue weighted by Gasteiger charge is -2.72. The summed E-state index contributed by atoms with van der Waals surface area (Å²) >= 11 is 0. The molecule has 10 atom stereocenters. The zero-order valence-corrected chi connectivity index (χ0v) is 39.0. The van der Waals surface area contributed by atoms with Crippen molar-refractivity contribution >= 4 is 34.7 Å². The van der Waals surface area contributed by atoms with E-state index >= 15 is 0 Å². The van der Waals surface area contributed by atoms with Gasteiger partial charge in [0.2, 0.25) is 0 Å². The number of benzene rings is 1. The molecule has 0 saturated heterocycles. The van der Waals surface area contributed by atoms with Crippen molar-refractivity contribution in [2.45, 2.75) is 158 Å². The molecule has 1 aromatic heterocycles. The second-order valence-electron chi connectivity index (χ2n) is 23.7. The average molecular weight is 839 g/mol. The molecule has 1 amide bonds. The predicted molar refractivity (Wildman–Crippen MR) is 237 cm³/mol. The predicted octanol–water partition coefficient (Wildman–Crippen LogP) is 9.69. The molecule has 0 bridgehead atoms. The van der Waals surface area contributed by atoms with E-state index < -0.39 is 22.8 Å². The molecule has 2 aromatic rings. The molecule has 1 aromatic carbocycles. The maximum atomic E-state index is 14.2. The number of nitrogens with one attached hydrogen (secondary N) is 3. The number of ketones is 1. The maximum absolute atomic E-state index is 14.2. The Morgan fingerprint density at radius 3 is 2.34 bits per heavy atom. The van der Waals surface area contributed by atoms with E-state index in [1.54, 1.807) is 6.33 Å². The van der Waals surface area contributed by atoms with Gasteiger partial charge in [0.05, 0.1) is 29.2 Å². The third-order valence-corrected chi connectivity index (χ3v) is 19.1. The number of fused-ring (bicyclic) bond motifs is 8. The van der Waals surface area contributed by atoms with Gasteiger partial charge in [-0.1, -0.05) is 67.9 Å². The van der Waals surface area contributed by atoms with Gasteiger partial charge in [0, 0.05) is 34.9 Å². The molecule has 4 N–H and O–H groups in total. The van der Waals surface area contributed by atoms with Gasteiger partial charge in [-0.2, -0.15) is 0 Å². The molecule has 61 heavy (non-hydrogen) atoms. The van der Waals surface area contributed by atoms with Crippen molar-refractivity contribution in [1.29, 1.82) is 0 Å². The van der Waals surface area contributed by atoms with Gasteiger partial charge in [-0.25, -0.2) is 4.98 Å². The fourth-order valence-electron chi connectivity index (χ4n) is 15.4. The van der Waals surface area contributed by atoms with Crippen LogP contribution in [0.2, 0.25) is 0 Å². The highest BCUT2D eigenvalue weighted by Gasteiger charge is 2.70. The van der Waals surface area contributed by atoms with Crippen molar-refractivity contribution in [3.8, 4) is 0 Å². The first kappa shape index (κ1) is 44.1. The molecule has 0 unspecified atom stereocenters. The SMILES string of the molecule is CC(C)C1=C2[C@H]3CC[C@@H]4[C@@]5(C)CC[C@H](OC(=O)[C@H]6C[C@@H](C(=O)O)C6(C)C)C(C)(C)[C@@H]5CC[C@@]4(C)[C@]3(C)CC[C@@]2(CCNCC(C)(C)NC(=O)c2ccc3nc[nH]c3c2)CC1=O. The standard InChI is InChI=1S/C51H74N4O6/c1-29(2)40-36(56)26-51(22-23-52-27-45(3,4)55-42(57)30-12-14-34-35(24-30)54-28-53-34)21-20-49(10)31(41(40)51)13-15-38-48(9)18-17-39(47(7,8)37(48)16-19-50(38,49)11)61-44(60)33-25-32(43(58)59)46(33,5)6/h12,14,24,28-29,31-33,37-39,52H,13,15-23,25-27H2,1-11H3,(H,53,54)(H,55,57)(H,58,59)/t31-,32+,33-,37+,38-,39+,48+,49-,50-,51-/m1/s1. The largest absolute Gasteiger partial charge is 0.481 e. The van der Waals surface area contributed by atoms with Crippen molar-refractivity contribution < 1.29 is 29.0 Å². The second-order valence-corrected chi connectivity index (χ2v) is 23.7. The number of carboxylic acids is 1. The Hall–Kier alpha value is -3.53. The maximum Gasteiger partial charge on any atom is 0.309 e. The highest BCUT2D eigenvalue weighted by molar-refractivity contribution is 6.00. The Morgan fingerprint density at radius 2 is 1.66 bits per heavy atom. The Kier molecular flexibility index (Phi) is 10.7. The van der Waals surface area contributed by atoms with Gasteiger partial charge in [-0.05, 0) is 154 Å². The Balaban J connectivity index is 0.966. The number of aromatic nitrogens is 2. The van der Waals surface area contributed by atoms with E-state index in [4.69, 9.17) is 4.74 Å². The van der Waals surface area contributed by atoms with Gasteiger partial charge in [0.25, 0.3) is 5.91 Å². The van der Waals surface area contributed by atoms with E-state index in [2.05, 4.69) is 82.9 Å². The number of nitrogens with zero attached hydrogens (tertiary/aromatic N) is 1. The summed E-state index contributed by atoms with van der Waals surface area (Å²) in [7, 11) is 0. The Labute approximate surface area is 364 Å². The first-order valence-electron chi connectivity index (χ1n) is 23.6. The summed E-state index contributed by atoms with van der Waals surface area (Å²) in [6, 6.07) is 5.53. The molecule has 0 aliphatic heterocycles. The van der Waals surface area contributed by atoms with Crippen molar-refractivity contribution in [3.05, 3.63) is 41.2 Å². The van der Waals surface area contributed by atoms with Gasteiger partial charge < -0.3 is 25.5 Å². The molecular weight excluding hydrogens is 765 g/mol. The number of carboxylic acid groups (broad SMARTS) is 1. The van der Waals surface area contributed by atoms with Crippen LogP contribution in [0.15, 0.2) is 35.7 Å². The summed E-state index contributed by atoms with van der Waals surface area (Å²) in [5, 5.41) is 16.6. The number of carbonyl (C=O) groups is 4. The zero-order valence-electron chi connectivity index (χ0n) is 39.0. The van der Waals surface area contributed by atoms with Gasteiger partial charge in [-0.3, -0.25) is 19.2 Å². The average Bonchev–Trinajstić information content (AvgIpc) is 3.75. The molecule has 334 valence electrons. The van der Waals surface area contributed by atoms with E-state index in [1.807, 2.05) is 32.0 Å². The molecule has 0 spiro atoms. The molecule has 0 radical (unpaired) electrons. The van der Waals surface area contributed by atoms with Crippen LogP contribution in [-0.2, 0) is 19.1 Å². The molecular formula is C51H74N4O6. The third-order valence-electron chi connectivity index (χ3n) is 19.1. The molecule has 5 fully saturated rings. The third kappa shape index (κ3) is 6.76. The van der Waals surface area contributed by atoms with Crippen molar-refractivity contribution in [3.63, 3.8) is 0 Å². The summed E-state index contributed by atoms with van der Waals surface area (Å²) < 4.78 is 6.45. The number of esters is 1. The van der Waals surface area contributed by atoms with E-state index in [9.17, 15) is 24.3 Å². The number of aromatic amines is 1. The van der Waals surface area contributed by atoms with Crippen molar-refractivity contribution in [1.82, 2.24) is 20.6 Å². The fraction of sp³-hybridized carbons (Fsp3) is 0.745. The van der Waals surface area contributed by atoms with Crippen LogP contribution < -0.4 is 10.6 Å². The molecule has 6 aliphatic rings. The number of hydrogen-bond acceptors (Lipinski definition) is 7. The summed E-state index contributed by atoms with van der Waals surface area (Å²) in [5.74, 6) is -0.172. The van der Waals surface area contributed by atoms with Crippen LogP contribution in [0.25, 0.3) is 11.0 Å². The second kappa shape index (κ2) is 14.8. The van der Waals surface area contributed by atoms with Gasteiger partial charge in [0.15, 0.2) is 5.78 Å². The van der Waals surface area contributed by atoms with E-state index in [1.165, 1.54) is 5.57 Å². The fourth-order valence-corrected chi connectivity index (χ4v) is 15.4. The number of aliphatic carboxylic acids is 1. The smallest absolute Gasteiger partial charge is 0.309 e. The minimum absolute atomic E-state index is 0.0658. The minimum Gasteiger partial charge on any atom is -0.481 e. The molecule has 5 saturated carbocycles. The number of amides is 1.